The zero-order valence-corrected chi connectivity index (χ0v) is 13.6. The van der Waals surface area contributed by atoms with Crippen molar-refractivity contribution in [2.24, 2.45) is 0 Å². The molecule has 0 aliphatic carbocycles. The molecule has 2 rings (SSSR count). The number of halogens is 2. The summed E-state index contributed by atoms with van der Waals surface area (Å²) in [5, 5.41) is 0. The maximum Gasteiger partial charge on any atom is 0 e. The van der Waals surface area contributed by atoms with Crippen LogP contribution in [0.3, 0.4) is 0 Å². The largest absolute Gasteiger partial charge is 0.748 e. The van der Waals surface area contributed by atoms with Crippen LogP contribution in [-0.4, -0.2) is 0 Å². The Morgan fingerprint density at radius 1 is 1.08 bits per heavy atom. The predicted molar refractivity (Wildman–Crippen MR) is 59.5 cm³/mol. The third-order valence-electron chi connectivity index (χ3n) is 1.27. The fourth-order valence-electron chi connectivity index (χ4n) is 0.697. The zero-order chi connectivity index (χ0) is 8.81. The van der Waals surface area contributed by atoms with Crippen LogP contribution >= 0.6 is 31.9 Å². The Labute approximate surface area is 114 Å². The predicted octanol–water partition coefficient (Wildman–Crippen LogP) is 4.33. The second-order valence-electron chi connectivity index (χ2n) is 2.18. The van der Waals surface area contributed by atoms with Crippen LogP contribution in [0, 0.1) is 0 Å². The molecular formula is C10H8Br2Hf-6. The first-order valence-electron chi connectivity index (χ1n) is 3.54. The Morgan fingerprint density at radius 2 is 1.54 bits per heavy atom. The molecule has 0 aliphatic heterocycles. The third kappa shape index (κ3) is 5.76. The quantitative estimate of drug-likeness (QED) is 0.401. The van der Waals surface area contributed by atoms with E-state index in [1.165, 1.54) is 0 Å². The van der Waals surface area contributed by atoms with Gasteiger partial charge in [0.15, 0.2) is 0 Å². The Bertz CT molecular complexity index is 265. The van der Waals surface area contributed by atoms with Crippen molar-refractivity contribution in [3.63, 3.8) is 0 Å². The van der Waals surface area contributed by atoms with Crippen molar-refractivity contribution in [2.75, 3.05) is 0 Å². The normalized spacial score (nSPS) is 8.15. The van der Waals surface area contributed by atoms with Gasteiger partial charge in [0.1, 0.15) is 0 Å². The molecule has 0 N–H and O–H groups in total. The van der Waals surface area contributed by atoms with Gasteiger partial charge >= 0.3 is 0 Å². The van der Waals surface area contributed by atoms with Gasteiger partial charge in [0.25, 0.3) is 0 Å². The second-order valence-corrected chi connectivity index (χ2v) is 3.89. The van der Waals surface area contributed by atoms with Gasteiger partial charge in [-0.15, -0.1) is 15.9 Å². The summed E-state index contributed by atoms with van der Waals surface area (Å²) in [6.45, 7) is 0. The standard InChI is InChI=1S/C5H3Br2.C5H5.Hf/c6-4-2-1-3-5(4)7;1-2-4-5-3-1;/h1-3H;1-5H;/q-1;-5;. The van der Waals surface area contributed by atoms with Gasteiger partial charge < -0.3 is 30.3 Å². The molecule has 0 aromatic heterocycles. The number of hydrogen-bond acceptors (Lipinski definition) is 0. The van der Waals surface area contributed by atoms with Gasteiger partial charge in [0.2, 0.25) is 0 Å². The smallest absolute Gasteiger partial charge is 0 e. The second kappa shape index (κ2) is 7.89. The molecule has 0 saturated carbocycles. The minimum Gasteiger partial charge on any atom is -0.748 e. The average Bonchev–Trinajstić information content (AvgIpc) is 2.67. The van der Waals surface area contributed by atoms with Crippen LogP contribution < -0.4 is 0 Å². The van der Waals surface area contributed by atoms with Crippen molar-refractivity contribution in [3.05, 3.63) is 57.5 Å². The Hall–Kier alpha value is 0.530. The SMILES string of the molecule is Brc1ccc[c-]1Br.[Hf].[cH-]1[cH-][cH-][cH-][cH-]1. The summed E-state index contributed by atoms with van der Waals surface area (Å²) in [4.78, 5) is 0. The first-order valence-corrected chi connectivity index (χ1v) is 5.12. The van der Waals surface area contributed by atoms with Crippen molar-refractivity contribution < 1.29 is 25.8 Å². The molecule has 0 fully saturated rings. The first-order chi connectivity index (χ1) is 5.80. The van der Waals surface area contributed by atoms with E-state index in [4.69, 9.17) is 0 Å². The Kier molecular flexibility index (Phi) is 8.21. The first kappa shape index (κ1) is 13.5. The van der Waals surface area contributed by atoms with Gasteiger partial charge in [-0.05, 0) is 0 Å². The molecule has 3 heteroatoms. The summed E-state index contributed by atoms with van der Waals surface area (Å²) in [5.74, 6) is 0. The van der Waals surface area contributed by atoms with Crippen LogP contribution in [-0.2, 0) is 25.8 Å². The van der Waals surface area contributed by atoms with E-state index in [-0.39, 0.29) is 25.8 Å². The van der Waals surface area contributed by atoms with Crippen molar-refractivity contribution in [3.8, 4) is 0 Å². The number of rotatable bonds is 0. The molecule has 0 nitrogen and oxygen atoms in total. The van der Waals surface area contributed by atoms with Crippen LogP contribution in [0.1, 0.15) is 0 Å². The molecule has 0 unspecified atom stereocenters. The van der Waals surface area contributed by atoms with Crippen LogP contribution in [0.2, 0.25) is 0 Å². The Morgan fingerprint density at radius 3 is 1.69 bits per heavy atom. The van der Waals surface area contributed by atoms with Gasteiger partial charge in [0.05, 0.1) is 0 Å². The van der Waals surface area contributed by atoms with E-state index in [1.54, 1.807) is 0 Å². The fourth-order valence-corrected chi connectivity index (χ4v) is 1.27. The minimum absolute atomic E-state index is 0. The van der Waals surface area contributed by atoms with E-state index >= 15 is 0 Å². The van der Waals surface area contributed by atoms with Crippen molar-refractivity contribution >= 4 is 31.9 Å². The molecule has 0 spiro atoms. The molecule has 0 bridgehead atoms. The molecule has 0 radical (unpaired) electrons. The summed E-state index contributed by atoms with van der Waals surface area (Å²) < 4.78 is 2.24. The minimum atomic E-state index is 0. The number of hydrogen-bond donors (Lipinski definition) is 0. The van der Waals surface area contributed by atoms with Gasteiger partial charge in [-0.25, -0.2) is 6.07 Å². The molecule has 0 amide bonds. The van der Waals surface area contributed by atoms with Gasteiger partial charge in [-0.1, -0.05) is 24.9 Å². The molecule has 0 aliphatic rings. The van der Waals surface area contributed by atoms with Gasteiger partial charge in [-0.2, -0.15) is 12.1 Å². The topological polar surface area (TPSA) is 0 Å². The third-order valence-corrected chi connectivity index (χ3v) is 3.18. The summed E-state index contributed by atoms with van der Waals surface area (Å²) >= 11 is 6.64. The van der Waals surface area contributed by atoms with Crippen molar-refractivity contribution in [1.82, 2.24) is 0 Å². The zero-order valence-electron chi connectivity index (χ0n) is 6.87. The molecule has 0 saturated heterocycles. The molecule has 0 atom stereocenters. The average molecular weight is 466 g/mol. The van der Waals surface area contributed by atoms with Gasteiger partial charge in [-0.3, -0.25) is 0 Å². The van der Waals surface area contributed by atoms with E-state index in [0.29, 0.717) is 0 Å². The Balaban J connectivity index is 0.000000215. The monoisotopic (exact) mass is 466 g/mol. The van der Waals surface area contributed by atoms with Crippen molar-refractivity contribution in [1.29, 1.82) is 0 Å². The molecule has 2 aromatic carbocycles. The summed E-state index contributed by atoms with van der Waals surface area (Å²) in [5.41, 5.74) is 0. The van der Waals surface area contributed by atoms with E-state index in [2.05, 4.69) is 31.9 Å². The maximum absolute atomic E-state index is 3.32. The fraction of sp³-hybridized carbons (Fsp3) is 0. The van der Waals surface area contributed by atoms with Crippen LogP contribution in [0.25, 0.3) is 0 Å². The van der Waals surface area contributed by atoms with E-state index in [9.17, 15) is 0 Å². The maximum atomic E-state index is 3.32. The van der Waals surface area contributed by atoms with Gasteiger partial charge in [0, 0.05) is 25.8 Å². The molecule has 2 aromatic rings. The van der Waals surface area contributed by atoms with Crippen molar-refractivity contribution in [2.45, 2.75) is 0 Å². The van der Waals surface area contributed by atoms with Crippen LogP contribution in [0.5, 0.6) is 0 Å². The molecule has 72 valence electrons. The summed E-state index contributed by atoms with van der Waals surface area (Å²) in [7, 11) is 0. The van der Waals surface area contributed by atoms with E-state index in [1.807, 2.05) is 48.5 Å². The molecule has 0 heterocycles. The van der Waals surface area contributed by atoms with Crippen LogP contribution in [0.4, 0.5) is 0 Å². The van der Waals surface area contributed by atoms with E-state index < -0.39 is 0 Å². The van der Waals surface area contributed by atoms with E-state index in [0.717, 1.165) is 8.95 Å². The molecular weight excluding hydrogens is 458 g/mol. The summed E-state index contributed by atoms with van der Waals surface area (Å²) in [6.07, 6.45) is 0. The van der Waals surface area contributed by atoms with Crippen LogP contribution in [0.15, 0.2) is 57.5 Å². The molecule has 13 heavy (non-hydrogen) atoms. The summed E-state index contributed by atoms with van der Waals surface area (Å²) in [6, 6.07) is 16.0.